The van der Waals surface area contributed by atoms with Crippen molar-refractivity contribution >= 4 is 34.4 Å². The van der Waals surface area contributed by atoms with E-state index >= 15 is 0 Å². The average Bonchev–Trinajstić information content (AvgIpc) is 3.42. The largest absolute Gasteiger partial charge is 0.306 e. The van der Waals surface area contributed by atoms with Crippen LogP contribution in [-0.2, 0) is 5.41 Å². The molecule has 0 atom stereocenters. The van der Waals surface area contributed by atoms with Crippen LogP contribution in [0.15, 0.2) is 96.9 Å². The second-order valence-corrected chi connectivity index (χ2v) is 11.2. The van der Waals surface area contributed by atoms with Crippen LogP contribution in [-0.4, -0.2) is 21.3 Å². The average molecular weight is 519 g/mol. The Morgan fingerprint density at radius 2 is 1.65 bits per heavy atom. The Morgan fingerprint density at radius 1 is 0.850 bits per heavy atom. The molecule has 4 nitrogen and oxygen atoms in total. The van der Waals surface area contributed by atoms with Crippen molar-refractivity contribution in [2.45, 2.75) is 33.1 Å². The van der Waals surface area contributed by atoms with Crippen LogP contribution in [0.4, 0.5) is 0 Å². The summed E-state index contributed by atoms with van der Waals surface area (Å²) < 4.78 is 2.32. The predicted molar refractivity (Wildman–Crippen MR) is 167 cm³/mol. The SMILES string of the molecule is C=NC(=C)c1cccc(-c2cc(-n3c4cncnc4c4c5c(ccc43)-c3ccccc3C5(C)C)ccc2C)c1C. The van der Waals surface area contributed by atoms with Crippen molar-refractivity contribution < 1.29 is 0 Å². The van der Waals surface area contributed by atoms with E-state index in [2.05, 4.69) is 128 Å². The van der Waals surface area contributed by atoms with Gasteiger partial charge in [0.25, 0.3) is 0 Å². The molecule has 0 spiro atoms. The Kier molecular flexibility index (Phi) is 5.20. The molecule has 4 heteroatoms. The fraction of sp³-hybridized carbons (Fsp3) is 0.139. The van der Waals surface area contributed by atoms with E-state index in [0.29, 0.717) is 5.70 Å². The van der Waals surface area contributed by atoms with Crippen molar-refractivity contribution in [1.29, 1.82) is 0 Å². The van der Waals surface area contributed by atoms with E-state index in [-0.39, 0.29) is 5.41 Å². The van der Waals surface area contributed by atoms with Gasteiger partial charge in [0.05, 0.1) is 22.9 Å². The molecule has 0 bridgehead atoms. The number of hydrogen-bond donors (Lipinski definition) is 0. The minimum atomic E-state index is -0.146. The Balaban J connectivity index is 1.52. The summed E-state index contributed by atoms with van der Waals surface area (Å²) in [5.74, 6) is 0. The topological polar surface area (TPSA) is 43.1 Å². The van der Waals surface area contributed by atoms with E-state index in [0.717, 1.165) is 38.9 Å². The molecule has 0 saturated carbocycles. The zero-order valence-corrected chi connectivity index (χ0v) is 23.3. The molecule has 0 radical (unpaired) electrons. The molecule has 2 heterocycles. The molecule has 2 aromatic heterocycles. The van der Waals surface area contributed by atoms with E-state index in [1.807, 2.05) is 6.20 Å². The van der Waals surface area contributed by atoms with Crippen LogP contribution in [0.25, 0.3) is 55.6 Å². The van der Waals surface area contributed by atoms with E-state index in [9.17, 15) is 0 Å². The summed E-state index contributed by atoms with van der Waals surface area (Å²) in [6.07, 6.45) is 3.60. The van der Waals surface area contributed by atoms with Crippen LogP contribution >= 0.6 is 0 Å². The molecule has 0 amide bonds. The van der Waals surface area contributed by atoms with Crippen molar-refractivity contribution in [3.63, 3.8) is 0 Å². The maximum absolute atomic E-state index is 4.86. The highest BCUT2D eigenvalue weighted by molar-refractivity contribution is 6.12. The molecule has 0 unspecified atom stereocenters. The third-order valence-electron chi connectivity index (χ3n) is 8.72. The second kappa shape index (κ2) is 8.59. The van der Waals surface area contributed by atoms with Crippen molar-refractivity contribution in [2.24, 2.45) is 4.99 Å². The van der Waals surface area contributed by atoms with E-state index in [1.54, 1.807) is 6.33 Å². The lowest BCUT2D eigenvalue weighted by Crippen LogP contribution is -2.15. The Hall–Kier alpha value is -4.83. The number of benzene rings is 4. The maximum Gasteiger partial charge on any atom is 0.116 e. The number of aromatic nitrogens is 3. The Labute approximate surface area is 234 Å². The number of fused-ring (bicyclic) bond motifs is 7. The van der Waals surface area contributed by atoms with Gasteiger partial charge in [0.1, 0.15) is 11.8 Å². The van der Waals surface area contributed by atoms with Gasteiger partial charge < -0.3 is 4.57 Å². The van der Waals surface area contributed by atoms with Gasteiger partial charge in [-0.3, -0.25) is 4.99 Å². The zero-order chi connectivity index (χ0) is 27.8. The molecule has 0 fully saturated rings. The first-order chi connectivity index (χ1) is 19.3. The molecule has 0 aliphatic heterocycles. The minimum absolute atomic E-state index is 0.146. The number of hydrogen-bond acceptors (Lipinski definition) is 3. The molecule has 1 aliphatic rings. The maximum atomic E-state index is 4.86. The normalized spacial score (nSPS) is 13.4. The summed E-state index contributed by atoms with van der Waals surface area (Å²) in [6.45, 7) is 16.7. The van der Waals surface area contributed by atoms with E-state index in [1.165, 1.54) is 38.8 Å². The third kappa shape index (κ3) is 3.23. The third-order valence-corrected chi connectivity index (χ3v) is 8.72. The lowest BCUT2D eigenvalue weighted by Gasteiger charge is -2.22. The zero-order valence-electron chi connectivity index (χ0n) is 23.3. The molecule has 6 aromatic rings. The van der Waals surface area contributed by atoms with Crippen LogP contribution in [0, 0.1) is 13.8 Å². The molecule has 40 heavy (non-hydrogen) atoms. The number of nitrogens with zero attached hydrogens (tertiary/aromatic N) is 4. The Morgan fingerprint density at radius 3 is 2.48 bits per heavy atom. The molecule has 0 saturated heterocycles. The van der Waals surface area contributed by atoms with Gasteiger partial charge in [0.15, 0.2) is 0 Å². The highest BCUT2D eigenvalue weighted by Gasteiger charge is 2.38. The van der Waals surface area contributed by atoms with E-state index < -0.39 is 0 Å². The quantitative estimate of drug-likeness (QED) is 0.219. The fourth-order valence-electron chi connectivity index (χ4n) is 6.74. The summed E-state index contributed by atoms with van der Waals surface area (Å²) in [5, 5.41) is 1.20. The number of aryl methyl sites for hydroxylation is 1. The van der Waals surface area contributed by atoms with Crippen LogP contribution in [0.2, 0.25) is 0 Å². The van der Waals surface area contributed by atoms with Crippen molar-refractivity contribution in [3.05, 3.63) is 120 Å². The highest BCUT2D eigenvalue weighted by atomic mass is 15.0. The molecular weight excluding hydrogens is 488 g/mol. The smallest absolute Gasteiger partial charge is 0.116 e. The fourth-order valence-corrected chi connectivity index (χ4v) is 6.74. The van der Waals surface area contributed by atoms with Crippen LogP contribution in [0.3, 0.4) is 0 Å². The molecular formula is C36H30N4. The molecule has 1 aliphatic carbocycles. The lowest BCUT2D eigenvalue weighted by molar-refractivity contribution is 0.666. The van der Waals surface area contributed by atoms with Gasteiger partial charge in [0.2, 0.25) is 0 Å². The first-order valence-corrected chi connectivity index (χ1v) is 13.6. The second-order valence-electron chi connectivity index (χ2n) is 11.2. The van der Waals surface area contributed by atoms with Crippen molar-refractivity contribution in [3.8, 4) is 27.9 Å². The van der Waals surface area contributed by atoms with Crippen LogP contribution in [0.1, 0.15) is 41.7 Å². The number of aliphatic imine (C=N–C) groups is 1. The van der Waals surface area contributed by atoms with E-state index in [4.69, 9.17) is 4.98 Å². The van der Waals surface area contributed by atoms with Gasteiger partial charge in [-0.1, -0.05) is 75.0 Å². The van der Waals surface area contributed by atoms with Gasteiger partial charge in [-0.2, -0.15) is 0 Å². The first kappa shape index (κ1) is 24.2. The number of rotatable bonds is 4. The summed E-state index contributed by atoms with van der Waals surface area (Å²) in [5.41, 5.74) is 15.7. The van der Waals surface area contributed by atoms with Gasteiger partial charge in [-0.05, 0) is 83.3 Å². The minimum Gasteiger partial charge on any atom is -0.306 e. The molecule has 4 aromatic carbocycles. The molecule has 7 rings (SSSR count). The van der Waals surface area contributed by atoms with Crippen molar-refractivity contribution in [2.75, 3.05) is 0 Å². The monoisotopic (exact) mass is 518 g/mol. The van der Waals surface area contributed by atoms with Gasteiger partial charge in [-0.15, -0.1) is 0 Å². The van der Waals surface area contributed by atoms with Crippen molar-refractivity contribution in [1.82, 2.24) is 14.5 Å². The highest BCUT2D eigenvalue weighted by Crippen LogP contribution is 2.52. The van der Waals surface area contributed by atoms with Gasteiger partial charge in [0, 0.05) is 22.1 Å². The predicted octanol–water partition coefficient (Wildman–Crippen LogP) is 8.84. The summed E-state index contributed by atoms with van der Waals surface area (Å²) in [6, 6.07) is 26.3. The molecule has 194 valence electrons. The summed E-state index contributed by atoms with van der Waals surface area (Å²) in [7, 11) is 0. The summed E-state index contributed by atoms with van der Waals surface area (Å²) >= 11 is 0. The van der Waals surface area contributed by atoms with Gasteiger partial charge in [-0.25, -0.2) is 9.97 Å². The Bertz CT molecular complexity index is 2040. The first-order valence-electron chi connectivity index (χ1n) is 13.6. The molecule has 0 N–H and O–H groups in total. The van der Waals surface area contributed by atoms with Gasteiger partial charge >= 0.3 is 0 Å². The van der Waals surface area contributed by atoms with Crippen LogP contribution in [0.5, 0.6) is 0 Å². The lowest BCUT2D eigenvalue weighted by atomic mass is 9.81. The summed E-state index contributed by atoms with van der Waals surface area (Å²) in [4.78, 5) is 13.4. The standard InChI is InChI=1S/C36H30N4/c1-21-14-15-24(18-29(21)26-12-9-11-25(22(26)2)23(3)37-6)40-31-17-16-28-27-10-7-8-13-30(27)36(4,5)34(28)33(31)35-32(40)19-38-20-39-35/h7-20H,3,6H2,1-2,4-5H3. The van der Waals surface area contributed by atoms with Crippen LogP contribution < -0.4 is 0 Å².